The third-order valence-corrected chi connectivity index (χ3v) is 2.14. The van der Waals surface area contributed by atoms with Gasteiger partial charge >= 0.3 is 0 Å². The molecule has 15 heavy (non-hydrogen) atoms. The van der Waals surface area contributed by atoms with Crippen LogP contribution in [0.1, 0.15) is 19.5 Å². The van der Waals surface area contributed by atoms with E-state index >= 15 is 0 Å². The van der Waals surface area contributed by atoms with Crippen molar-refractivity contribution in [1.82, 2.24) is 4.98 Å². The highest BCUT2D eigenvalue weighted by Crippen LogP contribution is 2.23. The summed E-state index contributed by atoms with van der Waals surface area (Å²) in [4.78, 5) is 15.0. The summed E-state index contributed by atoms with van der Waals surface area (Å²) in [5.74, 6) is 0.515. The van der Waals surface area contributed by atoms with Crippen LogP contribution in [0.4, 0.5) is 5.69 Å². The predicted octanol–water partition coefficient (Wildman–Crippen LogP) is 1.44. The zero-order chi connectivity index (χ0) is 11.5. The molecule has 0 unspecified atom stereocenters. The smallest absolute Gasteiger partial charge is 0.213 e. The summed E-state index contributed by atoms with van der Waals surface area (Å²) < 4.78 is 5.00. The first-order valence-electron chi connectivity index (χ1n) is 4.74. The Morgan fingerprint density at radius 1 is 1.53 bits per heavy atom. The van der Waals surface area contributed by atoms with Gasteiger partial charge in [-0.15, -0.1) is 0 Å². The van der Waals surface area contributed by atoms with Crippen molar-refractivity contribution in [2.24, 2.45) is 5.41 Å². The first kappa shape index (κ1) is 11.5. The number of nitrogens with zero attached hydrogens (tertiary/aromatic N) is 1. The number of rotatable bonds is 4. The fourth-order valence-corrected chi connectivity index (χ4v) is 1.22. The van der Waals surface area contributed by atoms with Gasteiger partial charge in [-0.3, -0.25) is 0 Å². The maximum Gasteiger partial charge on any atom is 0.213 e. The minimum Gasteiger partial charge on any atom is -0.481 e. The van der Waals surface area contributed by atoms with Crippen LogP contribution < -0.4 is 10.5 Å². The summed E-state index contributed by atoms with van der Waals surface area (Å²) in [6, 6.07) is 3.44. The van der Waals surface area contributed by atoms with Crippen LogP contribution in [0, 0.1) is 5.41 Å². The van der Waals surface area contributed by atoms with Gasteiger partial charge in [-0.25, -0.2) is 4.98 Å². The maximum absolute atomic E-state index is 10.8. The quantitative estimate of drug-likeness (QED) is 0.760. The molecular weight excluding hydrogens is 192 g/mol. The normalized spacial score (nSPS) is 11.1. The molecular formula is C11H16N2O2. The molecule has 82 valence electrons. The molecule has 2 N–H and O–H groups in total. The molecule has 0 aliphatic heterocycles. The van der Waals surface area contributed by atoms with Crippen LogP contribution in [0.3, 0.4) is 0 Å². The Morgan fingerprint density at radius 3 is 2.73 bits per heavy atom. The predicted molar refractivity (Wildman–Crippen MR) is 58.8 cm³/mol. The van der Waals surface area contributed by atoms with Gasteiger partial charge in [0.2, 0.25) is 5.88 Å². The largest absolute Gasteiger partial charge is 0.481 e. The summed E-state index contributed by atoms with van der Waals surface area (Å²) in [6.45, 7) is 3.70. The van der Waals surface area contributed by atoms with Crippen LogP contribution >= 0.6 is 0 Å². The number of anilines is 1. The number of pyridine rings is 1. The Kier molecular flexibility index (Phi) is 3.29. The van der Waals surface area contributed by atoms with Gasteiger partial charge in [0.25, 0.3) is 0 Å². The second-order valence-electron chi connectivity index (χ2n) is 4.17. The molecule has 1 aromatic heterocycles. The van der Waals surface area contributed by atoms with E-state index in [4.69, 9.17) is 10.5 Å². The third-order valence-electron chi connectivity index (χ3n) is 2.14. The SMILES string of the molecule is COc1ccc(N)c(CC(C)(C)C=O)n1. The first-order valence-corrected chi connectivity index (χ1v) is 4.74. The minimum absolute atomic E-state index is 0.451. The molecule has 0 bridgehead atoms. The number of aromatic nitrogens is 1. The number of carbonyl (C=O) groups is 1. The summed E-state index contributed by atoms with van der Waals surface area (Å²) in [5.41, 5.74) is 6.61. The van der Waals surface area contributed by atoms with Gasteiger partial charge in [-0.2, -0.15) is 0 Å². The lowest BCUT2D eigenvalue weighted by molar-refractivity contribution is -0.114. The van der Waals surface area contributed by atoms with Crippen LogP contribution in [0.2, 0.25) is 0 Å². The Labute approximate surface area is 89.5 Å². The zero-order valence-corrected chi connectivity index (χ0v) is 9.28. The minimum atomic E-state index is -0.451. The molecule has 0 atom stereocenters. The van der Waals surface area contributed by atoms with Crippen molar-refractivity contribution >= 4 is 12.0 Å². The zero-order valence-electron chi connectivity index (χ0n) is 9.28. The molecule has 0 saturated heterocycles. The number of hydrogen-bond acceptors (Lipinski definition) is 4. The average molecular weight is 208 g/mol. The molecule has 4 nitrogen and oxygen atoms in total. The molecule has 1 rings (SSSR count). The van der Waals surface area contributed by atoms with E-state index in [1.165, 1.54) is 0 Å². The number of aldehydes is 1. The number of hydrogen-bond donors (Lipinski definition) is 1. The highest BCUT2D eigenvalue weighted by atomic mass is 16.5. The summed E-state index contributed by atoms with van der Waals surface area (Å²) in [6.07, 6.45) is 1.42. The lowest BCUT2D eigenvalue weighted by Crippen LogP contribution is -2.18. The molecule has 0 amide bonds. The maximum atomic E-state index is 10.8. The van der Waals surface area contributed by atoms with E-state index in [-0.39, 0.29) is 0 Å². The topological polar surface area (TPSA) is 65.2 Å². The molecule has 0 aromatic carbocycles. The van der Waals surface area contributed by atoms with Crippen LogP contribution in [-0.4, -0.2) is 18.4 Å². The second kappa shape index (κ2) is 4.29. The van der Waals surface area contributed by atoms with Crippen molar-refractivity contribution in [2.75, 3.05) is 12.8 Å². The number of methoxy groups -OCH3 is 1. The fourth-order valence-electron chi connectivity index (χ4n) is 1.22. The van der Waals surface area contributed by atoms with Crippen molar-refractivity contribution in [3.8, 4) is 5.88 Å². The van der Waals surface area contributed by atoms with Gasteiger partial charge in [-0.1, -0.05) is 13.8 Å². The Balaban J connectivity index is 2.98. The standard InChI is InChI=1S/C11H16N2O2/c1-11(2,7-14)6-9-8(12)4-5-10(13-9)15-3/h4-5,7H,6,12H2,1-3H3. The molecule has 0 spiro atoms. The van der Waals surface area contributed by atoms with Gasteiger partial charge in [-0.05, 0) is 6.07 Å². The molecule has 0 aliphatic carbocycles. The van der Waals surface area contributed by atoms with E-state index in [0.29, 0.717) is 23.7 Å². The highest BCUT2D eigenvalue weighted by Gasteiger charge is 2.19. The van der Waals surface area contributed by atoms with Crippen molar-refractivity contribution in [3.05, 3.63) is 17.8 Å². The first-order chi connectivity index (χ1) is 6.98. The van der Waals surface area contributed by atoms with Crippen LogP contribution in [0.25, 0.3) is 0 Å². The van der Waals surface area contributed by atoms with E-state index in [1.807, 2.05) is 13.8 Å². The van der Waals surface area contributed by atoms with E-state index in [9.17, 15) is 4.79 Å². The second-order valence-corrected chi connectivity index (χ2v) is 4.17. The average Bonchev–Trinajstić information content (AvgIpc) is 2.21. The van der Waals surface area contributed by atoms with Crippen molar-refractivity contribution in [2.45, 2.75) is 20.3 Å². The summed E-state index contributed by atoms with van der Waals surface area (Å²) in [7, 11) is 1.55. The monoisotopic (exact) mass is 208 g/mol. The van der Waals surface area contributed by atoms with Crippen LogP contribution in [-0.2, 0) is 11.2 Å². The van der Waals surface area contributed by atoms with Gasteiger partial charge in [0.05, 0.1) is 18.5 Å². The number of carbonyl (C=O) groups excluding carboxylic acids is 1. The van der Waals surface area contributed by atoms with Crippen LogP contribution in [0.15, 0.2) is 12.1 Å². The van der Waals surface area contributed by atoms with Crippen molar-refractivity contribution < 1.29 is 9.53 Å². The highest BCUT2D eigenvalue weighted by molar-refractivity contribution is 5.59. The lowest BCUT2D eigenvalue weighted by Gasteiger charge is -2.17. The number of nitrogen functional groups attached to an aromatic ring is 1. The molecule has 1 aromatic rings. The van der Waals surface area contributed by atoms with Gasteiger partial charge in [0.1, 0.15) is 6.29 Å². The van der Waals surface area contributed by atoms with E-state index in [2.05, 4.69) is 4.98 Å². The van der Waals surface area contributed by atoms with Crippen molar-refractivity contribution in [1.29, 1.82) is 0 Å². The molecule has 0 radical (unpaired) electrons. The lowest BCUT2D eigenvalue weighted by atomic mass is 9.89. The summed E-state index contributed by atoms with van der Waals surface area (Å²) >= 11 is 0. The summed E-state index contributed by atoms with van der Waals surface area (Å²) in [5, 5.41) is 0. The third kappa shape index (κ3) is 2.94. The van der Waals surface area contributed by atoms with Gasteiger partial charge in [0.15, 0.2) is 0 Å². The van der Waals surface area contributed by atoms with E-state index in [1.54, 1.807) is 19.2 Å². The molecule has 0 saturated carbocycles. The van der Waals surface area contributed by atoms with E-state index < -0.39 is 5.41 Å². The molecule has 0 fully saturated rings. The van der Waals surface area contributed by atoms with Gasteiger partial charge < -0.3 is 15.3 Å². The fraction of sp³-hybridized carbons (Fsp3) is 0.455. The number of nitrogens with two attached hydrogens (primary N) is 1. The van der Waals surface area contributed by atoms with E-state index in [0.717, 1.165) is 6.29 Å². The van der Waals surface area contributed by atoms with Gasteiger partial charge in [0, 0.05) is 17.9 Å². The Hall–Kier alpha value is -1.58. The van der Waals surface area contributed by atoms with Crippen molar-refractivity contribution in [3.63, 3.8) is 0 Å². The number of ether oxygens (including phenoxy) is 1. The molecule has 0 aliphatic rings. The Bertz CT molecular complexity index is 362. The van der Waals surface area contributed by atoms with Crippen LogP contribution in [0.5, 0.6) is 5.88 Å². The molecule has 1 heterocycles. The Morgan fingerprint density at radius 2 is 2.20 bits per heavy atom. The molecule has 4 heteroatoms.